The SMILES string of the molecule is Cc1cc(C(=O)N2C[C@H]([C@H](C)Oc3ccc(Cl)cn3)[C@@H](c3ccc(Cl)c(F)c3)C2)cnn1. The number of amides is 1. The van der Waals surface area contributed by atoms with Gasteiger partial charge in [0, 0.05) is 37.2 Å². The molecule has 166 valence electrons. The number of rotatable bonds is 5. The van der Waals surface area contributed by atoms with E-state index in [1.807, 2.05) is 6.92 Å². The fourth-order valence-electron chi connectivity index (χ4n) is 4.05. The van der Waals surface area contributed by atoms with Crippen molar-refractivity contribution >= 4 is 29.1 Å². The maximum atomic E-state index is 14.2. The third kappa shape index (κ3) is 4.84. The van der Waals surface area contributed by atoms with Crippen molar-refractivity contribution < 1.29 is 13.9 Å². The molecule has 1 fully saturated rings. The molecule has 0 bridgehead atoms. The molecule has 9 heteroatoms. The van der Waals surface area contributed by atoms with E-state index in [1.54, 1.807) is 36.1 Å². The van der Waals surface area contributed by atoms with E-state index in [9.17, 15) is 9.18 Å². The van der Waals surface area contributed by atoms with Crippen molar-refractivity contribution in [1.29, 1.82) is 0 Å². The predicted molar refractivity (Wildman–Crippen MR) is 120 cm³/mol. The lowest BCUT2D eigenvalue weighted by molar-refractivity contribution is 0.0769. The molecular weight excluding hydrogens is 454 g/mol. The van der Waals surface area contributed by atoms with E-state index in [1.165, 1.54) is 24.5 Å². The summed E-state index contributed by atoms with van der Waals surface area (Å²) in [4.78, 5) is 19.1. The van der Waals surface area contributed by atoms with Crippen LogP contribution in [0.2, 0.25) is 10.0 Å². The van der Waals surface area contributed by atoms with Crippen LogP contribution in [0.3, 0.4) is 0 Å². The molecule has 0 spiro atoms. The molecule has 0 N–H and O–H groups in total. The number of carbonyl (C=O) groups excluding carboxylic acids is 1. The summed E-state index contributed by atoms with van der Waals surface area (Å²) in [6.07, 6.45) is 2.67. The Morgan fingerprint density at radius 1 is 1.19 bits per heavy atom. The van der Waals surface area contributed by atoms with Gasteiger partial charge in [-0.2, -0.15) is 10.2 Å². The fraction of sp³-hybridized carbons (Fsp3) is 0.304. The molecule has 1 amide bonds. The molecule has 2 aromatic heterocycles. The monoisotopic (exact) mass is 474 g/mol. The van der Waals surface area contributed by atoms with E-state index in [-0.39, 0.29) is 28.9 Å². The normalized spacial score (nSPS) is 19.1. The number of benzene rings is 1. The zero-order valence-electron chi connectivity index (χ0n) is 17.5. The minimum Gasteiger partial charge on any atom is -0.474 e. The molecule has 1 aliphatic heterocycles. The van der Waals surface area contributed by atoms with Crippen LogP contribution >= 0.6 is 23.2 Å². The highest BCUT2D eigenvalue weighted by Crippen LogP contribution is 2.37. The Hall–Kier alpha value is -2.77. The van der Waals surface area contributed by atoms with Crippen molar-refractivity contribution in [3.63, 3.8) is 0 Å². The zero-order chi connectivity index (χ0) is 22.8. The molecule has 1 saturated heterocycles. The van der Waals surface area contributed by atoms with E-state index >= 15 is 0 Å². The molecule has 3 aromatic rings. The first-order valence-electron chi connectivity index (χ1n) is 10.1. The lowest BCUT2D eigenvalue weighted by Crippen LogP contribution is -2.32. The van der Waals surface area contributed by atoms with Crippen molar-refractivity contribution in [3.05, 3.63) is 81.5 Å². The second kappa shape index (κ2) is 9.38. The Morgan fingerprint density at radius 3 is 2.69 bits per heavy atom. The average molecular weight is 475 g/mol. The van der Waals surface area contributed by atoms with Crippen molar-refractivity contribution in [2.24, 2.45) is 5.92 Å². The molecule has 1 aliphatic rings. The number of ether oxygens (including phenoxy) is 1. The van der Waals surface area contributed by atoms with E-state index in [0.717, 1.165) is 5.56 Å². The van der Waals surface area contributed by atoms with Crippen LogP contribution < -0.4 is 4.74 Å². The highest BCUT2D eigenvalue weighted by Gasteiger charge is 2.40. The van der Waals surface area contributed by atoms with Gasteiger partial charge in [0.2, 0.25) is 5.88 Å². The van der Waals surface area contributed by atoms with Gasteiger partial charge >= 0.3 is 0 Å². The lowest BCUT2D eigenvalue weighted by atomic mass is 9.85. The number of pyridine rings is 1. The highest BCUT2D eigenvalue weighted by atomic mass is 35.5. The van der Waals surface area contributed by atoms with Crippen molar-refractivity contribution in [2.45, 2.75) is 25.9 Å². The summed E-state index contributed by atoms with van der Waals surface area (Å²) >= 11 is 11.8. The van der Waals surface area contributed by atoms with Crippen LogP contribution in [0, 0.1) is 18.7 Å². The summed E-state index contributed by atoms with van der Waals surface area (Å²) in [6.45, 7) is 4.55. The average Bonchev–Trinajstić information content (AvgIpc) is 3.22. The van der Waals surface area contributed by atoms with Gasteiger partial charge < -0.3 is 9.64 Å². The Bertz CT molecular complexity index is 1130. The van der Waals surface area contributed by atoms with Crippen molar-refractivity contribution in [2.75, 3.05) is 13.1 Å². The van der Waals surface area contributed by atoms with Crippen LogP contribution in [0.1, 0.15) is 34.5 Å². The summed E-state index contributed by atoms with van der Waals surface area (Å²) < 4.78 is 20.3. The van der Waals surface area contributed by atoms with E-state index in [2.05, 4.69) is 15.2 Å². The van der Waals surface area contributed by atoms with Gasteiger partial charge in [-0.15, -0.1) is 0 Å². The standard InChI is InChI=1S/C23H21Cl2FN4O2/c1-13-7-16(9-28-29-13)23(31)30-11-18(14(2)32-22-6-4-17(24)10-27-22)19(12-30)15-3-5-20(25)21(26)8-15/h3-10,14,18-19H,11-12H2,1-2H3/t14-,18+,19+/m0/s1. The quantitative estimate of drug-likeness (QED) is 0.523. The molecule has 3 heterocycles. The van der Waals surface area contributed by atoms with E-state index < -0.39 is 5.82 Å². The van der Waals surface area contributed by atoms with Gasteiger partial charge in [0.15, 0.2) is 0 Å². The molecule has 1 aromatic carbocycles. The Kier molecular flexibility index (Phi) is 6.58. The van der Waals surface area contributed by atoms with Crippen molar-refractivity contribution in [3.8, 4) is 5.88 Å². The highest BCUT2D eigenvalue weighted by molar-refractivity contribution is 6.30. The maximum Gasteiger partial charge on any atom is 0.255 e. The molecule has 0 radical (unpaired) electrons. The Morgan fingerprint density at radius 2 is 2.00 bits per heavy atom. The summed E-state index contributed by atoms with van der Waals surface area (Å²) in [6, 6.07) is 9.86. The summed E-state index contributed by atoms with van der Waals surface area (Å²) in [5.41, 5.74) is 1.89. The molecular formula is C23H21Cl2FN4O2. The molecule has 6 nitrogen and oxygen atoms in total. The predicted octanol–water partition coefficient (Wildman–Crippen LogP) is 4.95. The first-order valence-corrected chi connectivity index (χ1v) is 10.9. The number of hydrogen-bond donors (Lipinski definition) is 0. The maximum absolute atomic E-state index is 14.2. The van der Waals surface area contributed by atoms with Crippen molar-refractivity contribution in [1.82, 2.24) is 20.1 Å². The second-order valence-electron chi connectivity index (χ2n) is 7.88. The smallest absolute Gasteiger partial charge is 0.255 e. The first kappa shape index (κ1) is 22.4. The van der Waals surface area contributed by atoms with E-state index in [4.69, 9.17) is 27.9 Å². The molecule has 0 unspecified atom stereocenters. The Balaban J connectivity index is 1.61. The minimum atomic E-state index is -0.491. The van der Waals surface area contributed by atoms with Gasteiger partial charge in [-0.1, -0.05) is 29.3 Å². The largest absolute Gasteiger partial charge is 0.474 e. The Labute approximate surface area is 195 Å². The summed E-state index contributed by atoms with van der Waals surface area (Å²) in [5, 5.41) is 8.37. The lowest BCUT2D eigenvalue weighted by Gasteiger charge is -2.25. The van der Waals surface area contributed by atoms with Gasteiger partial charge in [-0.05, 0) is 43.7 Å². The molecule has 4 rings (SSSR count). The number of halogens is 3. The number of nitrogens with zero attached hydrogens (tertiary/aromatic N) is 4. The number of aromatic nitrogens is 3. The van der Waals surface area contributed by atoms with Crippen LogP contribution in [-0.2, 0) is 0 Å². The number of carbonyl (C=O) groups is 1. The number of hydrogen-bond acceptors (Lipinski definition) is 5. The van der Waals surface area contributed by atoms with Crippen LogP contribution in [-0.4, -0.2) is 45.2 Å². The van der Waals surface area contributed by atoms with Gasteiger partial charge in [0.1, 0.15) is 11.9 Å². The van der Waals surface area contributed by atoms with Gasteiger partial charge in [0.25, 0.3) is 5.91 Å². The third-order valence-electron chi connectivity index (χ3n) is 5.66. The summed E-state index contributed by atoms with van der Waals surface area (Å²) in [5.74, 6) is -0.463. The minimum absolute atomic E-state index is 0.0595. The molecule has 0 aliphatic carbocycles. The molecule has 32 heavy (non-hydrogen) atoms. The van der Waals surface area contributed by atoms with Gasteiger partial charge in [-0.25, -0.2) is 9.37 Å². The van der Waals surface area contributed by atoms with E-state index in [0.29, 0.717) is 35.2 Å². The van der Waals surface area contributed by atoms with Crippen LogP contribution in [0.25, 0.3) is 0 Å². The zero-order valence-corrected chi connectivity index (χ0v) is 19.0. The molecule has 3 atom stereocenters. The topological polar surface area (TPSA) is 68.2 Å². The van der Waals surface area contributed by atoms with Gasteiger partial charge in [-0.3, -0.25) is 4.79 Å². The van der Waals surface area contributed by atoms with Gasteiger partial charge in [0.05, 0.1) is 27.5 Å². The van der Waals surface area contributed by atoms with Crippen LogP contribution in [0.4, 0.5) is 4.39 Å². The first-order chi connectivity index (χ1) is 15.3. The second-order valence-corrected chi connectivity index (χ2v) is 8.72. The number of aryl methyl sites for hydroxylation is 1. The van der Waals surface area contributed by atoms with Crippen LogP contribution in [0.15, 0.2) is 48.8 Å². The third-order valence-corrected chi connectivity index (χ3v) is 6.19. The summed E-state index contributed by atoms with van der Waals surface area (Å²) in [7, 11) is 0. The fourth-order valence-corrected chi connectivity index (χ4v) is 4.28. The number of likely N-dealkylation sites (tertiary alicyclic amines) is 1. The molecule has 0 saturated carbocycles. The van der Waals surface area contributed by atoms with Crippen LogP contribution in [0.5, 0.6) is 5.88 Å².